The third-order valence-corrected chi connectivity index (χ3v) is 2.11. The summed E-state index contributed by atoms with van der Waals surface area (Å²) in [5, 5.41) is 12.3. The fourth-order valence-corrected chi connectivity index (χ4v) is 1.23. The van der Waals surface area contributed by atoms with Crippen molar-refractivity contribution < 1.29 is 19.4 Å². The van der Waals surface area contributed by atoms with E-state index in [2.05, 4.69) is 5.32 Å². The number of aliphatic hydroxyl groups excluding tert-OH is 1. The van der Waals surface area contributed by atoms with Crippen molar-refractivity contribution in [2.24, 2.45) is 5.41 Å². The standard InChI is InChI=1S/C12H23NO4/c1-11(2,3)9(15)8(13-7-14)10(16)17-12(4,5)6/h7-9,15H,1-6H3,(H,13,14)/t8-,9-/m0/s1. The summed E-state index contributed by atoms with van der Waals surface area (Å²) in [4.78, 5) is 22.3. The van der Waals surface area contributed by atoms with E-state index in [9.17, 15) is 14.7 Å². The molecule has 0 aromatic carbocycles. The smallest absolute Gasteiger partial charge is 0.331 e. The molecule has 5 heteroatoms. The molecule has 5 nitrogen and oxygen atoms in total. The van der Waals surface area contributed by atoms with Gasteiger partial charge in [0.05, 0.1) is 6.10 Å². The Labute approximate surface area is 103 Å². The van der Waals surface area contributed by atoms with Gasteiger partial charge < -0.3 is 15.2 Å². The van der Waals surface area contributed by atoms with Crippen LogP contribution in [0.15, 0.2) is 0 Å². The molecule has 0 aromatic heterocycles. The number of amides is 1. The first-order valence-electron chi connectivity index (χ1n) is 5.59. The largest absolute Gasteiger partial charge is 0.458 e. The number of carbonyl (C=O) groups excluding carboxylic acids is 2. The topological polar surface area (TPSA) is 75.6 Å². The average molecular weight is 245 g/mol. The highest BCUT2D eigenvalue weighted by atomic mass is 16.6. The minimum absolute atomic E-state index is 0.392. The molecule has 2 atom stereocenters. The molecule has 0 bridgehead atoms. The van der Waals surface area contributed by atoms with Gasteiger partial charge in [0.1, 0.15) is 5.60 Å². The fraction of sp³-hybridized carbons (Fsp3) is 0.833. The van der Waals surface area contributed by atoms with Crippen LogP contribution in [-0.2, 0) is 14.3 Å². The van der Waals surface area contributed by atoms with Crippen LogP contribution in [0.3, 0.4) is 0 Å². The lowest BCUT2D eigenvalue weighted by Gasteiger charge is -2.33. The maximum atomic E-state index is 11.8. The van der Waals surface area contributed by atoms with Gasteiger partial charge in [-0.05, 0) is 26.2 Å². The van der Waals surface area contributed by atoms with E-state index in [0.717, 1.165) is 0 Å². The molecule has 17 heavy (non-hydrogen) atoms. The number of carbonyl (C=O) groups is 2. The van der Waals surface area contributed by atoms with E-state index in [1.165, 1.54) is 0 Å². The number of hydrogen-bond acceptors (Lipinski definition) is 4. The second kappa shape index (κ2) is 5.49. The van der Waals surface area contributed by atoms with Crippen LogP contribution in [0.4, 0.5) is 0 Å². The maximum absolute atomic E-state index is 11.8. The van der Waals surface area contributed by atoms with E-state index >= 15 is 0 Å². The molecule has 0 saturated heterocycles. The zero-order chi connectivity index (χ0) is 13.9. The number of aliphatic hydroxyl groups is 1. The Bertz CT molecular complexity index is 275. The normalized spacial score (nSPS) is 15.9. The van der Waals surface area contributed by atoms with Gasteiger partial charge in [-0.2, -0.15) is 0 Å². The minimum Gasteiger partial charge on any atom is -0.458 e. The van der Waals surface area contributed by atoms with Crippen LogP contribution in [0.25, 0.3) is 0 Å². The van der Waals surface area contributed by atoms with Gasteiger partial charge in [0.15, 0.2) is 6.04 Å². The van der Waals surface area contributed by atoms with Crippen molar-refractivity contribution >= 4 is 12.4 Å². The van der Waals surface area contributed by atoms with Crippen LogP contribution in [0, 0.1) is 5.41 Å². The van der Waals surface area contributed by atoms with E-state index in [4.69, 9.17) is 4.74 Å². The predicted molar refractivity (Wildman–Crippen MR) is 64.3 cm³/mol. The van der Waals surface area contributed by atoms with Crippen LogP contribution >= 0.6 is 0 Å². The van der Waals surface area contributed by atoms with Gasteiger partial charge in [-0.1, -0.05) is 20.8 Å². The van der Waals surface area contributed by atoms with Crippen molar-refractivity contribution in [1.29, 1.82) is 0 Å². The van der Waals surface area contributed by atoms with Crippen LogP contribution < -0.4 is 5.32 Å². The van der Waals surface area contributed by atoms with Crippen molar-refractivity contribution in [2.45, 2.75) is 59.3 Å². The molecule has 0 heterocycles. The third kappa shape index (κ3) is 5.68. The summed E-state index contributed by atoms with van der Waals surface area (Å²) in [7, 11) is 0. The Morgan fingerprint density at radius 2 is 1.71 bits per heavy atom. The van der Waals surface area contributed by atoms with Gasteiger partial charge in [0, 0.05) is 0 Å². The zero-order valence-corrected chi connectivity index (χ0v) is 11.4. The Kier molecular flexibility index (Phi) is 5.13. The third-order valence-electron chi connectivity index (χ3n) is 2.11. The molecule has 0 saturated carbocycles. The molecule has 0 aliphatic rings. The minimum atomic E-state index is -1.05. The molecular formula is C12H23NO4. The summed E-state index contributed by atoms with van der Waals surface area (Å²) in [6, 6.07) is -1.05. The first-order chi connectivity index (χ1) is 7.49. The van der Waals surface area contributed by atoms with Gasteiger partial charge >= 0.3 is 5.97 Å². The second-order valence-electron chi connectivity index (χ2n) is 6.11. The molecule has 0 rings (SSSR count). The number of esters is 1. The lowest BCUT2D eigenvalue weighted by molar-refractivity contribution is -0.163. The lowest BCUT2D eigenvalue weighted by Crippen LogP contribution is -2.52. The van der Waals surface area contributed by atoms with Gasteiger partial charge in [-0.15, -0.1) is 0 Å². The fourth-order valence-electron chi connectivity index (χ4n) is 1.23. The highest BCUT2D eigenvalue weighted by Crippen LogP contribution is 2.23. The van der Waals surface area contributed by atoms with Crippen molar-refractivity contribution in [1.82, 2.24) is 5.32 Å². The van der Waals surface area contributed by atoms with E-state index in [1.54, 1.807) is 41.5 Å². The van der Waals surface area contributed by atoms with Crippen LogP contribution in [0.5, 0.6) is 0 Å². The monoisotopic (exact) mass is 245 g/mol. The van der Waals surface area contributed by atoms with Gasteiger partial charge in [-0.25, -0.2) is 4.79 Å². The lowest BCUT2D eigenvalue weighted by atomic mass is 9.84. The Morgan fingerprint density at radius 3 is 2.00 bits per heavy atom. The van der Waals surface area contributed by atoms with E-state index in [1.807, 2.05) is 0 Å². The molecule has 100 valence electrons. The molecule has 0 aliphatic heterocycles. The Morgan fingerprint density at radius 1 is 1.24 bits per heavy atom. The highest BCUT2D eigenvalue weighted by molar-refractivity contribution is 5.79. The van der Waals surface area contributed by atoms with E-state index in [0.29, 0.717) is 6.41 Å². The van der Waals surface area contributed by atoms with Crippen LogP contribution in [0.1, 0.15) is 41.5 Å². The van der Waals surface area contributed by atoms with Crippen LogP contribution in [0.2, 0.25) is 0 Å². The summed E-state index contributed by atoms with van der Waals surface area (Å²) in [6.45, 7) is 10.5. The van der Waals surface area contributed by atoms with Crippen molar-refractivity contribution in [3.05, 3.63) is 0 Å². The van der Waals surface area contributed by atoms with Crippen molar-refractivity contribution in [2.75, 3.05) is 0 Å². The number of hydrogen-bond donors (Lipinski definition) is 2. The molecule has 0 unspecified atom stereocenters. The maximum Gasteiger partial charge on any atom is 0.331 e. The molecule has 0 radical (unpaired) electrons. The number of nitrogens with one attached hydrogen (secondary N) is 1. The van der Waals surface area contributed by atoms with Crippen LogP contribution in [-0.4, -0.2) is 35.2 Å². The molecule has 0 aromatic rings. The summed E-state index contributed by atoms with van der Waals surface area (Å²) < 4.78 is 5.15. The first-order valence-corrected chi connectivity index (χ1v) is 5.59. The predicted octanol–water partition coefficient (Wildman–Crippen LogP) is 0.850. The Balaban J connectivity index is 4.86. The molecule has 1 amide bonds. The average Bonchev–Trinajstić information content (AvgIpc) is 2.08. The summed E-state index contributed by atoms with van der Waals surface area (Å²) >= 11 is 0. The highest BCUT2D eigenvalue weighted by Gasteiger charge is 2.37. The second-order valence-corrected chi connectivity index (χ2v) is 6.11. The summed E-state index contributed by atoms with van der Waals surface area (Å²) in [5.41, 5.74) is -1.19. The van der Waals surface area contributed by atoms with Crippen molar-refractivity contribution in [3.63, 3.8) is 0 Å². The summed E-state index contributed by atoms with van der Waals surface area (Å²) in [5.74, 6) is -0.632. The molecule has 2 N–H and O–H groups in total. The van der Waals surface area contributed by atoms with E-state index in [-0.39, 0.29) is 0 Å². The molecule has 0 spiro atoms. The van der Waals surface area contributed by atoms with E-state index < -0.39 is 29.1 Å². The quantitative estimate of drug-likeness (QED) is 0.568. The molecule has 0 fully saturated rings. The zero-order valence-electron chi connectivity index (χ0n) is 11.4. The Hall–Kier alpha value is -1.10. The molecule has 0 aliphatic carbocycles. The van der Waals surface area contributed by atoms with Gasteiger partial charge in [0.25, 0.3) is 0 Å². The molecular weight excluding hydrogens is 222 g/mol. The first kappa shape index (κ1) is 15.9. The number of ether oxygens (including phenoxy) is 1. The van der Waals surface area contributed by atoms with Gasteiger partial charge in [-0.3, -0.25) is 4.79 Å². The van der Waals surface area contributed by atoms with Gasteiger partial charge in [0.2, 0.25) is 6.41 Å². The number of rotatable bonds is 4. The summed E-state index contributed by atoms with van der Waals surface area (Å²) in [6.07, 6.45) is -0.619. The van der Waals surface area contributed by atoms with Crippen molar-refractivity contribution in [3.8, 4) is 0 Å². The SMILES string of the molecule is CC(C)(C)OC(=O)[C@@H](NC=O)[C@H](O)C(C)(C)C.